The molecule has 0 saturated heterocycles. The first-order chi connectivity index (χ1) is 23.7. The van der Waals surface area contributed by atoms with E-state index in [1.165, 1.54) is 161 Å². The van der Waals surface area contributed by atoms with E-state index < -0.39 is 11.6 Å². The van der Waals surface area contributed by atoms with Gasteiger partial charge in [-0.05, 0) is 33.6 Å². The summed E-state index contributed by atoms with van der Waals surface area (Å²) < 4.78 is 0. The van der Waals surface area contributed by atoms with Gasteiger partial charge < -0.3 is 16.0 Å². The van der Waals surface area contributed by atoms with E-state index in [-0.39, 0.29) is 24.3 Å². The van der Waals surface area contributed by atoms with Crippen molar-refractivity contribution >= 4 is 17.7 Å². The largest absolute Gasteiger partial charge is 0.353 e. The number of rotatable bonds is 36. The fourth-order valence-electron chi connectivity index (χ4n) is 6.55. The van der Waals surface area contributed by atoms with Crippen LogP contribution in [0.4, 0.5) is 0 Å². The number of unbranched alkanes of at least 4 members (excludes halogenated alkanes) is 28. The lowest BCUT2D eigenvalue weighted by Gasteiger charge is -2.25. The Morgan fingerprint density at radius 1 is 0.429 bits per heavy atom. The molecular weight excluding hydrogens is 606 g/mol. The average molecular weight is 692 g/mol. The van der Waals surface area contributed by atoms with Gasteiger partial charge in [0.1, 0.15) is 6.04 Å². The highest BCUT2D eigenvalue weighted by Gasteiger charge is 2.25. The van der Waals surface area contributed by atoms with Crippen molar-refractivity contribution in [3.8, 4) is 0 Å². The molecule has 0 aliphatic carbocycles. The van der Waals surface area contributed by atoms with Gasteiger partial charge in [-0.1, -0.05) is 194 Å². The van der Waals surface area contributed by atoms with Crippen LogP contribution in [0.3, 0.4) is 0 Å². The molecule has 0 rings (SSSR count). The van der Waals surface area contributed by atoms with Crippen molar-refractivity contribution in [2.45, 2.75) is 252 Å². The van der Waals surface area contributed by atoms with E-state index in [0.29, 0.717) is 12.8 Å². The van der Waals surface area contributed by atoms with E-state index in [9.17, 15) is 14.4 Å². The summed E-state index contributed by atoms with van der Waals surface area (Å²) in [5.74, 6) is -0.398. The molecule has 3 N–H and O–H groups in total. The van der Waals surface area contributed by atoms with E-state index in [1.54, 1.807) is 0 Å². The Labute approximate surface area is 305 Å². The molecule has 0 aromatic heterocycles. The first-order valence-corrected chi connectivity index (χ1v) is 21.6. The van der Waals surface area contributed by atoms with E-state index in [0.717, 1.165) is 32.1 Å². The van der Waals surface area contributed by atoms with Crippen molar-refractivity contribution in [2.75, 3.05) is 6.54 Å². The molecule has 0 bridgehead atoms. The van der Waals surface area contributed by atoms with Crippen LogP contribution >= 0.6 is 0 Å². The van der Waals surface area contributed by atoms with Crippen molar-refractivity contribution in [1.29, 1.82) is 0 Å². The number of hydrogen-bond acceptors (Lipinski definition) is 3. The number of carbonyl (C=O) groups is 3. The van der Waals surface area contributed by atoms with E-state index in [2.05, 4.69) is 29.8 Å². The Kier molecular flexibility index (Phi) is 33.7. The highest BCUT2D eigenvalue weighted by Crippen LogP contribution is 2.15. The maximum Gasteiger partial charge on any atom is 0.244 e. The minimum atomic E-state index is -0.756. The summed E-state index contributed by atoms with van der Waals surface area (Å²) >= 11 is 0. The van der Waals surface area contributed by atoms with Crippen molar-refractivity contribution in [2.24, 2.45) is 0 Å². The standard InChI is InChI=1S/C43H85N3O3/c1-6-8-10-12-14-16-18-20-22-24-26-28-30-32-34-36-40(47)44-38-39(42(49)46-43(3,4)5)45-41(48)37-35-33-31-29-27-25-23-21-19-17-15-13-11-9-7-2/h39H,6-38H2,1-5H3,(H,44,47)(H,45,48)(H,46,49). The van der Waals surface area contributed by atoms with Crippen molar-refractivity contribution in [3.63, 3.8) is 0 Å². The third-order valence-electron chi connectivity index (χ3n) is 9.67. The van der Waals surface area contributed by atoms with Gasteiger partial charge in [0.15, 0.2) is 0 Å². The van der Waals surface area contributed by atoms with Gasteiger partial charge >= 0.3 is 0 Å². The predicted molar refractivity (Wildman–Crippen MR) is 212 cm³/mol. The minimum absolute atomic E-state index is 0.0417. The fourth-order valence-corrected chi connectivity index (χ4v) is 6.55. The van der Waals surface area contributed by atoms with Gasteiger partial charge in [0, 0.05) is 24.9 Å². The molecule has 0 aliphatic heterocycles. The molecule has 0 fully saturated rings. The zero-order valence-electron chi connectivity index (χ0n) is 33.6. The first-order valence-electron chi connectivity index (χ1n) is 21.6. The topological polar surface area (TPSA) is 87.3 Å². The predicted octanol–water partition coefficient (Wildman–Crippen LogP) is 12.0. The van der Waals surface area contributed by atoms with Crippen LogP contribution in [0.15, 0.2) is 0 Å². The Balaban J connectivity index is 4.01. The summed E-state index contributed by atoms with van der Waals surface area (Å²) in [5.41, 5.74) is -0.411. The Bertz CT molecular complexity index is 764. The van der Waals surface area contributed by atoms with E-state index in [1.807, 2.05) is 20.8 Å². The lowest BCUT2D eigenvalue weighted by Crippen LogP contribution is -2.56. The van der Waals surface area contributed by atoms with Crippen molar-refractivity contribution in [1.82, 2.24) is 16.0 Å². The maximum atomic E-state index is 13.0. The normalized spacial score (nSPS) is 12.2. The lowest BCUT2D eigenvalue weighted by atomic mass is 10.0. The molecule has 1 unspecified atom stereocenters. The van der Waals surface area contributed by atoms with Gasteiger partial charge in [0.05, 0.1) is 0 Å². The molecular formula is C43H85N3O3. The fraction of sp³-hybridized carbons (Fsp3) is 0.930. The smallest absolute Gasteiger partial charge is 0.244 e. The zero-order valence-corrected chi connectivity index (χ0v) is 33.6. The highest BCUT2D eigenvalue weighted by atomic mass is 16.2. The quantitative estimate of drug-likeness (QED) is 0.0571. The van der Waals surface area contributed by atoms with Crippen molar-refractivity contribution in [3.05, 3.63) is 0 Å². The molecule has 290 valence electrons. The van der Waals surface area contributed by atoms with Gasteiger partial charge in [0.2, 0.25) is 17.7 Å². The number of amides is 3. The van der Waals surface area contributed by atoms with Crippen LogP contribution in [0, 0.1) is 0 Å². The summed E-state index contributed by atoms with van der Waals surface area (Å²) in [6.07, 6.45) is 39.7. The molecule has 0 aliphatic rings. The third-order valence-corrected chi connectivity index (χ3v) is 9.67. The molecule has 0 heterocycles. The Morgan fingerprint density at radius 2 is 0.714 bits per heavy atom. The molecule has 0 aromatic carbocycles. The van der Waals surface area contributed by atoms with Crippen LogP contribution in [0.1, 0.15) is 240 Å². The monoisotopic (exact) mass is 692 g/mol. The van der Waals surface area contributed by atoms with Gasteiger partial charge in [-0.2, -0.15) is 0 Å². The zero-order chi connectivity index (χ0) is 36.3. The molecule has 0 spiro atoms. The highest BCUT2D eigenvalue weighted by molar-refractivity contribution is 5.88. The summed E-state index contributed by atoms with van der Waals surface area (Å²) in [6, 6.07) is -0.756. The Hall–Kier alpha value is -1.59. The van der Waals surface area contributed by atoms with Crippen LogP contribution in [-0.2, 0) is 14.4 Å². The summed E-state index contributed by atoms with van der Waals surface area (Å²) in [5, 5.41) is 8.78. The summed E-state index contributed by atoms with van der Waals surface area (Å²) in [4.78, 5) is 38.2. The molecule has 6 heteroatoms. The molecule has 49 heavy (non-hydrogen) atoms. The second-order valence-corrected chi connectivity index (χ2v) is 16.1. The molecule has 0 aromatic rings. The first kappa shape index (κ1) is 47.4. The van der Waals surface area contributed by atoms with E-state index in [4.69, 9.17) is 0 Å². The molecule has 1 atom stereocenters. The number of nitrogens with one attached hydrogen (secondary N) is 3. The summed E-state index contributed by atoms with van der Waals surface area (Å²) in [6.45, 7) is 10.5. The molecule has 0 radical (unpaired) electrons. The van der Waals surface area contributed by atoms with Gasteiger partial charge in [-0.15, -0.1) is 0 Å². The van der Waals surface area contributed by atoms with Crippen LogP contribution in [0.25, 0.3) is 0 Å². The number of hydrogen-bond donors (Lipinski definition) is 3. The van der Waals surface area contributed by atoms with Crippen LogP contribution in [0.2, 0.25) is 0 Å². The second kappa shape index (κ2) is 34.8. The Morgan fingerprint density at radius 3 is 1.02 bits per heavy atom. The van der Waals surface area contributed by atoms with Gasteiger partial charge in [-0.25, -0.2) is 0 Å². The van der Waals surface area contributed by atoms with Gasteiger partial charge in [0.25, 0.3) is 0 Å². The average Bonchev–Trinajstić information content (AvgIpc) is 3.05. The number of carbonyl (C=O) groups excluding carboxylic acids is 3. The minimum Gasteiger partial charge on any atom is -0.353 e. The van der Waals surface area contributed by atoms with Gasteiger partial charge in [-0.3, -0.25) is 14.4 Å². The molecule has 6 nitrogen and oxygen atoms in total. The van der Waals surface area contributed by atoms with Crippen LogP contribution in [0.5, 0.6) is 0 Å². The van der Waals surface area contributed by atoms with E-state index >= 15 is 0 Å². The lowest BCUT2D eigenvalue weighted by molar-refractivity contribution is -0.130. The van der Waals surface area contributed by atoms with Crippen LogP contribution < -0.4 is 16.0 Å². The second-order valence-electron chi connectivity index (χ2n) is 16.1. The van der Waals surface area contributed by atoms with Crippen molar-refractivity contribution < 1.29 is 14.4 Å². The third kappa shape index (κ3) is 36.0. The molecule has 0 saturated carbocycles. The van der Waals surface area contributed by atoms with Crippen LogP contribution in [-0.4, -0.2) is 35.8 Å². The maximum absolute atomic E-state index is 13.0. The molecule has 3 amide bonds. The SMILES string of the molecule is CCCCCCCCCCCCCCCCCC(=O)NCC(NC(=O)CCCCCCCCCCCCCCCCC)C(=O)NC(C)(C)C. The summed E-state index contributed by atoms with van der Waals surface area (Å²) in [7, 11) is 0.